The molecule has 0 N–H and O–H groups in total. The summed E-state index contributed by atoms with van der Waals surface area (Å²) in [6, 6.07) is 0. The van der Waals surface area contributed by atoms with Crippen molar-refractivity contribution < 1.29 is 4.74 Å². The number of allylic oxidation sites excluding steroid dienone is 3. The monoisotopic (exact) mass is 167 g/mol. The molecule has 12 heavy (non-hydrogen) atoms. The fourth-order valence-corrected chi connectivity index (χ4v) is 0.706. The Balaban J connectivity index is 3.98. The number of hydrogen-bond acceptors (Lipinski definition) is 2. The maximum Gasteiger partial charge on any atom is 0.120 e. The van der Waals surface area contributed by atoms with Crippen LogP contribution in [0.2, 0.25) is 0 Å². The molecular formula is C10H17NO. The molecular weight excluding hydrogens is 150 g/mol. The van der Waals surface area contributed by atoms with Crippen molar-refractivity contribution in [2.45, 2.75) is 19.8 Å². The van der Waals surface area contributed by atoms with Crippen LogP contribution in [0.1, 0.15) is 19.8 Å². The van der Waals surface area contributed by atoms with Gasteiger partial charge in [0.15, 0.2) is 0 Å². The second kappa shape index (κ2) is 8.05. The average Bonchev–Trinajstić information content (AvgIpc) is 2.11. The van der Waals surface area contributed by atoms with Gasteiger partial charge in [0.25, 0.3) is 0 Å². The Kier molecular flexibility index (Phi) is 7.35. The third kappa shape index (κ3) is 5.71. The molecule has 0 saturated heterocycles. The van der Waals surface area contributed by atoms with Gasteiger partial charge < -0.3 is 4.74 Å². The highest BCUT2D eigenvalue weighted by Crippen LogP contribution is 1.98. The maximum atomic E-state index is 5.08. The molecule has 0 unspecified atom stereocenters. The zero-order valence-corrected chi connectivity index (χ0v) is 8.08. The van der Waals surface area contributed by atoms with Gasteiger partial charge in [-0.1, -0.05) is 19.4 Å². The van der Waals surface area contributed by atoms with Gasteiger partial charge in [-0.3, -0.25) is 4.99 Å². The summed E-state index contributed by atoms with van der Waals surface area (Å²) in [6.07, 6.45) is 9.87. The molecule has 0 saturated carbocycles. The normalized spacial score (nSPS) is 13.1. The molecule has 0 spiro atoms. The van der Waals surface area contributed by atoms with Crippen molar-refractivity contribution in [2.24, 2.45) is 4.99 Å². The van der Waals surface area contributed by atoms with Gasteiger partial charge in [-0.15, -0.1) is 0 Å². The molecule has 2 nitrogen and oxygen atoms in total. The average molecular weight is 167 g/mol. The Labute approximate surface area is 74.7 Å². The number of aliphatic imine (C=N–C) groups is 1. The van der Waals surface area contributed by atoms with Gasteiger partial charge in [0.2, 0.25) is 0 Å². The predicted octanol–water partition coefficient (Wildman–Crippen LogP) is 2.57. The van der Waals surface area contributed by atoms with Gasteiger partial charge in [-0.25, -0.2) is 0 Å². The first-order chi connectivity index (χ1) is 5.85. The lowest BCUT2D eigenvalue weighted by atomic mass is 10.3. The van der Waals surface area contributed by atoms with Crippen molar-refractivity contribution in [2.75, 3.05) is 14.2 Å². The van der Waals surface area contributed by atoms with Gasteiger partial charge >= 0.3 is 0 Å². The summed E-state index contributed by atoms with van der Waals surface area (Å²) >= 11 is 0. The van der Waals surface area contributed by atoms with Crippen LogP contribution in [0.25, 0.3) is 0 Å². The van der Waals surface area contributed by atoms with Crippen molar-refractivity contribution in [3.63, 3.8) is 0 Å². The van der Waals surface area contributed by atoms with E-state index in [0.717, 1.165) is 18.6 Å². The Bertz CT molecular complexity index is 180. The van der Waals surface area contributed by atoms with E-state index in [0.29, 0.717) is 0 Å². The fourth-order valence-electron chi connectivity index (χ4n) is 0.706. The zero-order chi connectivity index (χ0) is 9.23. The van der Waals surface area contributed by atoms with Crippen LogP contribution < -0.4 is 0 Å². The van der Waals surface area contributed by atoms with Crippen LogP contribution in [0.3, 0.4) is 0 Å². The molecule has 68 valence electrons. The van der Waals surface area contributed by atoms with E-state index in [1.807, 2.05) is 12.2 Å². The lowest BCUT2D eigenvalue weighted by Gasteiger charge is -1.96. The van der Waals surface area contributed by atoms with E-state index in [1.54, 1.807) is 20.4 Å². The molecule has 0 aliphatic heterocycles. The van der Waals surface area contributed by atoms with Crippen LogP contribution in [0.5, 0.6) is 0 Å². The Hall–Kier alpha value is -1.05. The summed E-state index contributed by atoms with van der Waals surface area (Å²) in [5.41, 5.74) is 0. The second-order valence-electron chi connectivity index (χ2n) is 2.37. The number of ether oxygens (including phenoxy) is 1. The number of unbranched alkanes of at least 4 members (excludes halogenated alkanes) is 1. The van der Waals surface area contributed by atoms with E-state index in [-0.39, 0.29) is 0 Å². The summed E-state index contributed by atoms with van der Waals surface area (Å²) < 4.78 is 5.08. The first-order valence-electron chi connectivity index (χ1n) is 4.18. The first kappa shape index (κ1) is 11.0. The van der Waals surface area contributed by atoms with Crippen LogP contribution in [0.15, 0.2) is 29.0 Å². The second-order valence-corrected chi connectivity index (χ2v) is 2.37. The van der Waals surface area contributed by atoms with Gasteiger partial charge in [0.05, 0.1) is 7.11 Å². The minimum atomic E-state index is 0.842. The number of nitrogens with zero attached hydrogens (tertiary/aromatic N) is 1. The molecule has 0 aromatic carbocycles. The fraction of sp³-hybridized carbons (Fsp3) is 0.500. The van der Waals surface area contributed by atoms with Gasteiger partial charge in [-0.2, -0.15) is 0 Å². The lowest BCUT2D eigenvalue weighted by molar-refractivity contribution is 0.307. The van der Waals surface area contributed by atoms with Crippen molar-refractivity contribution >= 4 is 6.21 Å². The van der Waals surface area contributed by atoms with E-state index in [4.69, 9.17) is 4.74 Å². The van der Waals surface area contributed by atoms with Crippen LogP contribution in [-0.2, 0) is 4.74 Å². The van der Waals surface area contributed by atoms with Crippen LogP contribution >= 0.6 is 0 Å². The Morgan fingerprint density at radius 1 is 1.50 bits per heavy atom. The van der Waals surface area contributed by atoms with Crippen molar-refractivity contribution in [1.82, 2.24) is 0 Å². The smallest absolute Gasteiger partial charge is 0.120 e. The van der Waals surface area contributed by atoms with E-state index in [9.17, 15) is 0 Å². The van der Waals surface area contributed by atoms with Crippen molar-refractivity contribution in [3.8, 4) is 0 Å². The van der Waals surface area contributed by atoms with Crippen LogP contribution in [-0.4, -0.2) is 20.4 Å². The number of rotatable bonds is 5. The number of methoxy groups -OCH3 is 1. The molecule has 0 atom stereocenters. The molecule has 0 rings (SSSR count). The molecule has 0 bridgehead atoms. The first-order valence-corrected chi connectivity index (χ1v) is 4.18. The maximum absolute atomic E-state index is 5.08. The quantitative estimate of drug-likeness (QED) is 0.350. The molecule has 2 heteroatoms. The predicted molar refractivity (Wildman–Crippen MR) is 53.6 cm³/mol. The van der Waals surface area contributed by atoms with Gasteiger partial charge in [0.1, 0.15) is 5.76 Å². The van der Waals surface area contributed by atoms with E-state index >= 15 is 0 Å². The zero-order valence-electron chi connectivity index (χ0n) is 8.08. The highest BCUT2D eigenvalue weighted by atomic mass is 16.5. The summed E-state index contributed by atoms with van der Waals surface area (Å²) in [6.45, 7) is 2.15. The molecule has 0 radical (unpaired) electrons. The summed E-state index contributed by atoms with van der Waals surface area (Å²) in [4.78, 5) is 3.84. The van der Waals surface area contributed by atoms with Crippen molar-refractivity contribution in [3.05, 3.63) is 24.0 Å². The molecule has 0 aromatic rings. The van der Waals surface area contributed by atoms with Crippen LogP contribution in [0, 0.1) is 0 Å². The molecule has 0 amide bonds. The molecule has 0 aliphatic carbocycles. The standard InChI is InChI=1S/C10H17NO/c1-4-5-6-7-10(12-3)8-9-11-2/h6-9H,4-5H2,1-3H3/b7-6-,10-8+,11-9?. The van der Waals surface area contributed by atoms with Gasteiger partial charge in [-0.05, 0) is 18.6 Å². The van der Waals surface area contributed by atoms with E-state index in [2.05, 4.69) is 18.0 Å². The summed E-state index contributed by atoms with van der Waals surface area (Å²) in [7, 11) is 3.39. The minimum absolute atomic E-state index is 0.842. The van der Waals surface area contributed by atoms with Gasteiger partial charge in [0, 0.05) is 13.3 Å². The SMILES string of the molecule is CCC/C=C\C(=C/C=NC)OC. The topological polar surface area (TPSA) is 21.6 Å². The summed E-state index contributed by atoms with van der Waals surface area (Å²) in [5, 5.41) is 0. The Morgan fingerprint density at radius 2 is 2.25 bits per heavy atom. The highest BCUT2D eigenvalue weighted by Gasteiger charge is 1.84. The molecule has 0 fully saturated rings. The van der Waals surface area contributed by atoms with Crippen molar-refractivity contribution in [1.29, 1.82) is 0 Å². The highest BCUT2D eigenvalue weighted by molar-refractivity contribution is 5.72. The van der Waals surface area contributed by atoms with E-state index < -0.39 is 0 Å². The third-order valence-corrected chi connectivity index (χ3v) is 1.36. The Morgan fingerprint density at radius 3 is 2.75 bits per heavy atom. The molecule has 0 aromatic heterocycles. The third-order valence-electron chi connectivity index (χ3n) is 1.36. The van der Waals surface area contributed by atoms with E-state index in [1.165, 1.54) is 0 Å². The molecule has 0 heterocycles. The van der Waals surface area contributed by atoms with Crippen LogP contribution in [0.4, 0.5) is 0 Å². The summed E-state index contributed by atoms with van der Waals surface area (Å²) in [5.74, 6) is 0.842. The number of hydrogen-bond donors (Lipinski definition) is 0. The minimum Gasteiger partial charge on any atom is -0.497 e. The largest absolute Gasteiger partial charge is 0.497 e. The lowest BCUT2D eigenvalue weighted by Crippen LogP contribution is -1.82. The molecule has 0 aliphatic rings.